The Morgan fingerprint density at radius 3 is 2.40 bits per heavy atom. The van der Waals surface area contributed by atoms with Crippen molar-refractivity contribution in [2.45, 2.75) is 78.1 Å². The number of piperidine rings is 1. The van der Waals surface area contributed by atoms with Crippen LogP contribution in [0.1, 0.15) is 71.2 Å². The van der Waals surface area contributed by atoms with E-state index in [2.05, 4.69) is 33.4 Å². The van der Waals surface area contributed by atoms with Crippen molar-refractivity contribution >= 4 is 40.1 Å². The average molecular weight is 586 g/mol. The normalized spacial score (nSPS) is 15.3. The third kappa shape index (κ3) is 8.45. The molecule has 9 nitrogen and oxygen atoms in total. The molecule has 0 aliphatic carbocycles. The Labute approximate surface area is 237 Å². The van der Waals surface area contributed by atoms with Crippen molar-refractivity contribution in [2.75, 3.05) is 37.0 Å². The Morgan fingerprint density at radius 1 is 1.18 bits per heavy atom. The van der Waals surface area contributed by atoms with E-state index in [0.717, 1.165) is 11.3 Å². The maximum absolute atomic E-state index is 13.2. The molecule has 0 unspecified atom stereocenters. The lowest BCUT2D eigenvalue weighted by Gasteiger charge is -2.41. The number of halogens is 3. The van der Waals surface area contributed by atoms with Gasteiger partial charge in [-0.3, -0.25) is 4.79 Å². The maximum Gasteiger partial charge on any atom is 0.452 e. The summed E-state index contributed by atoms with van der Waals surface area (Å²) in [6.07, 6.45) is -3.60. The summed E-state index contributed by atoms with van der Waals surface area (Å²) in [4.78, 5) is 31.9. The highest BCUT2D eigenvalue weighted by Crippen LogP contribution is 2.38. The molecule has 13 heteroatoms. The first-order chi connectivity index (χ1) is 18.8. The molecule has 2 heterocycles. The summed E-state index contributed by atoms with van der Waals surface area (Å²) in [5.74, 6) is -1.45. The molecule has 3 rings (SSSR count). The van der Waals surface area contributed by atoms with E-state index in [4.69, 9.17) is 9.47 Å². The van der Waals surface area contributed by atoms with E-state index < -0.39 is 12.0 Å². The van der Waals surface area contributed by atoms with Crippen LogP contribution in [0.2, 0.25) is 0 Å². The van der Waals surface area contributed by atoms with Crippen LogP contribution in [0.5, 0.6) is 0 Å². The molecule has 1 amide bonds. The fourth-order valence-corrected chi connectivity index (χ4v) is 5.24. The lowest BCUT2D eigenvalue weighted by atomic mass is 9.95. The zero-order chi connectivity index (χ0) is 29.6. The zero-order valence-corrected chi connectivity index (χ0v) is 24.6. The molecule has 1 saturated heterocycles. The van der Waals surface area contributed by atoms with Crippen LogP contribution in [0, 0.1) is 5.92 Å². The Kier molecular flexibility index (Phi) is 10.6. The first-order valence-electron chi connectivity index (χ1n) is 13.4. The standard InChI is InChI=1S/C27H38F3N5O4S/c1-16(2)15-35(20-9-11-34(12-10-20)26(37)39-17(3)4)22-8-7-19(18(5)13-23(36)38-6)14-21(22)31-25-32-24(33-40-25)27(28,29)30/h7-8,14,16-18,20H,9-13,15H2,1-6H3,(H,31,32,33)/t18-/m1/s1. The van der Waals surface area contributed by atoms with Gasteiger partial charge in [-0.1, -0.05) is 26.8 Å². The second-order valence-corrected chi connectivity index (χ2v) is 11.5. The average Bonchev–Trinajstić information content (AvgIpc) is 3.36. The van der Waals surface area contributed by atoms with E-state index in [1.807, 2.05) is 39.0 Å². The summed E-state index contributed by atoms with van der Waals surface area (Å²) in [7, 11) is 1.33. The molecule has 1 aliphatic heterocycles. The summed E-state index contributed by atoms with van der Waals surface area (Å²) < 4.78 is 53.2. The Balaban J connectivity index is 1.94. The van der Waals surface area contributed by atoms with Gasteiger partial charge >= 0.3 is 18.2 Å². The summed E-state index contributed by atoms with van der Waals surface area (Å²) >= 11 is 0.635. The number of anilines is 3. The fraction of sp³-hybridized carbons (Fsp3) is 0.630. The number of methoxy groups -OCH3 is 1. The molecule has 222 valence electrons. The second kappa shape index (κ2) is 13.5. The molecule has 1 fully saturated rings. The SMILES string of the molecule is COC(=O)C[C@@H](C)c1ccc(N(CC(C)C)C2CCN(C(=O)OC(C)C)CC2)c(Nc2nc(C(F)(F)F)ns2)c1. The molecule has 0 saturated carbocycles. The van der Waals surface area contributed by atoms with Crippen molar-refractivity contribution in [3.8, 4) is 0 Å². The second-order valence-electron chi connectivity index (χ2n) is 10.7. The van der Waals surface area contributed by atoms with Crippen LogP contribution in [-0.2, 0) is 20.4 Å². The topological polar surface area (TPSA) is 96.9 Å². The number of ether oxygens (including phenoxy) is 2. The van der Waals surface area contributed by atoms with Crippen LogP contribution < -0.4 is 10.2 Å². The van der Waals surface area contributed by atoms with Crippen molar-refractivity contribution in [1.29, 1.82) is 0 Å². The number of hydrogen-bond acceptors (Lipinski definition) is 9. The van der Waals surface area contributed by atoms with Gasteiger partial charge in [-0.25, -0.2) is 4.79 Å². The highest BCUT2D eigenvalue weighted by atomic mass is 32.1. The van der Waals surface area contributed by atoms with Gasteiger partial charge in [-0.15, -0.1) is 0 Å². The van der Waals surface area contributed by atoms with Gasteiger partial charge in [0.25, 0.3) is 0 Å². The first kappa shape index (κ1) is 31.4. The molecule has 0 radical (unpaired) electrons. The number of carbonyl (C=O) groups excluding carboxylic acids is 2. The summed E-state index contributed by atoms with van der Waals surface area (Å²) in [6, 6.07) is 5.79. The van der Waals surface area contributed by atoms with Gasteiger partial charge in [0.2, 0.25) is 11.0 Å². The molecule has 0 spiro atoms. The summed E-state index contributed by atoms with van der Waals surface area (Å²) in [5.41, 5.74) is 2.20. The zero-order valence-electron chi connectivity index (χ0n) is 23.7. The number of carbonyl (C=O) groups is 2. The van der Waals surface area contributed by atoms with Crippen molar-refractivity contribution in [3.05, 3.63) is 29.6 Å². The predicted octanol–water partition coefficient (Wildman–Crippen LogP) is 6.44. The van der Waals surface area contributed by atoms with E-state index in [0.29, 0.717) is 49.7 Å². The molecule has 0 bridgehead atoms. The van der Waals surface area contributed by atoms with Crippen LogP contribution >= 0.6 is 11.5 Å². The van der Waals surface area contributed by atoms with Crippen molar-refractivity contribution in [2.24, 2.45) is 5.92 Å². The minimum absolute atomic E-state index is 0.0158. The Morgan fingerprint density at radius 2 is 1.85 bits per heavy atom. The molecule has 1 atom stereocenters. The minimum Gasteiger partial charge on any atom is -0.469 e. The fourth-order valence-electron chi connectivity index (χ4n) is 4.64. The van der Waals surface area contributed by atoms with Gasteiger partial charge in [0.1, 0.15) is 0 Å². The Hall–Kier alpha value is -3.09. The van der Waals surface area contributed by atoms with E-state index in [1.54, 1.807) is 4.90 Å². The number of hydrogen-bond donors (Lipinski definition) is 1. The number of likely N-dealkylation sites (tertiary alicyclic amines) is 1. The quantitative estimate of drug-likeness (QED) is 0.318. The van der Waals surface area contributed by atoms with Crippen molar-refractivity contribution in [1.82, 2.24) is 14.3 Å². The van der Waals surface area contributed by atoms with E-state index >= 15 is 0 Å². The molecule has 2 aromatic rings. The van der Waals surface area contributed by atoms with Crippen molar-refractivity contribution in [3.63, 3.8) is 0 Å². The molecular formula is C27H38F3N5O4S. The molecule has 1 N–H and O–H groups in total. The predicted molar refractivity (Wildman–Crippen MR) is 148 cm³/mol. The molecule has 1 aliphatic rings. The van der Waals surface area contributed by atoms with Crippen LogP contribution in [0.4, 0.5) is 34.5 Å². The number of amides is 1. The summed E-state index contributed by atoms with van der Waals surface area (Å²) in [5, 5.41) is 3.09. The number of esters is 1. The number of aromatic nitrogens is 2. The van der Waals surface area contributed by atoms with Gasteiger partial charge in [0.05, 0.1) is 31.0 Å². The molecule has 1 aromatic carbocycles. The van der Waals surface area contributed by atoms with E-state index in [9.17, 15) is 22.8 Å². The van der Waals surface area contributed by atoms with Gasteiger partial charge in [0, 0.05) is 37.2 Å². The van der Waals surface area contributed by atoms with Crippen LogP contribution in [0.25, 0.3) is 0 Å². The van der Waals surface area contributed by atoms with Crippen molar-refractivity contribution < 1.29 is 32.2 Å². The largest absolute Gasteiger partial charge is 0.469 e. The lowest BCUT2D eigenvalue weighted by Crippen LogP contribution is -2.48. The van der Waals surface area contributed by atoms with Gasteiger partial charge < -0.3 is 24.6 Å². The third-order valence-electron chi connectivity index (χ3n) is 6.58. The van der Waals surface area contributed by atoms with E-state index in [1.165, 1.54) is 7.11 Å². The lowest BCUT2D eigenvalue weighted by molar-refractivity contribution is -0.144. The highest BCUT2D eigenvalue weighted by Gasteiger charge is 2.36. The number of benzene rings is 1. The third-order valence-corrected chi connectivity index (χ3v) is 7.21. The first-order valence-corrected chi connectivity index (χ1v) is 14.2. The molecule has 40 heavy (non-hydrogen) atoms. The van der Waals surface area contributed by atoms with Crippen LogP contribution in [0.3, 0.4) is 0 Å². The van der Waals surface area contributed by atoms with Crippen LogP contribution in [-0.4, -0.2) is 65.2 Å². The minimum atomic E-state index is -4.65. The molecule has 1 aromatic heterocycles. The van der Waals surface area contributed by atoms with Gasteiger partial charge in [-0.2, -0.15) is 22.5 Å². The number of nitrogens with one attached hydrogen (secondary N) is 1. The highest BCUT2D eigenvalue weighted by molar-refractivity contribution is 7.09. The molecular weight excluding hydrogens is 547 g/mol. The Bertz CT molecular complexity index is 1150. The number of rotatable bonds is 10. The maximum atomic E-state index is 13.2. The van der Waals surface area contributed by atoms with Gasteiger partial charge in [-0.05, 0) is 56.2 Å². The van der Waals surface area contributed by atoms with Crippen LogP contribution in [0.15, 0.2) is 18.2 Å². The van der Waals surface area contributed by atoms with Gasteiger partial charge in [0.15, 0.2) is 0 Å². The number of alkyl halides is 3. The monoisotopic (exact) mass is 585 g/mol. The number of nitrogens with zero attached hydrogens (tertiary/aromatic N) is 4. The smallest absolute Gasteiger partial charge is 0.452 e. The van der Waals surface area contributed by atoms with E-state index in [-0.39, 0.29) is 47.6 Å². The summed E-state index contributed by atoms with van der Waals surface area (Å²) in [6.45, 7) is 11.5.